The molecule has 0 unspecified atom stereocenters. The van der Waals surface area contributed by atoms with Crippen LogP contribution < -0.4 is 5.56 Å². The largest absolute Gasteiger partial charge is 0.284 e. The lowest BCUT2D eigenvalue weighted by Crippen LogP contribution is -2.20. The fourth-order valence-corrected chi connectivity index (χ4v) is 1.94. The van der Waals surface area contributed by atoms with Crippen molar-refractivity contribution in [3.63, 3.8) is 0 Å². The molecule has 98 valence electrons. The molecule has 0 aliphatic heterocycles. The smallest absolute Gasteiger partial charge is 0.283 e. The molecule has 0 amide bonds. The predicted molar refractivity (Wildman–Crippen MR) is 70.7 cm³/mol. The summed E-state index contributed by atoms with van der Waals surface area (Å²) >= 11 is 0. The van der Waals surface area contributed by atoms with Crippen LogP contribution in [0.3, 0.4) is 0 Å². The van der Waals surface area contributed by atoms with E-state index in [0.717, 1.165) is 5.56 Å². The standard InChI is InChI=1S/C13H10N6O/c14-6-7-18-9-15-12-11(13(18)20)16-17-19(12)8-10-4-2-1-3-5-10/h1-5,9H,7-8H2. The summed E-state index contributed by atoms with van der Waals surface area (Å²) in [5.41, 5.74) is 1.30. The highest BCUT2D eigenvalue weighted by atomic mass is 16.1. The Labute approximate surface area is 113 Å². The number of hydrogen-bond donors (Lipinski definition) is 0. The van der Waals surface area contributed by atoms with E-state index in [4.69, 9.17) is 5.26 Å². The molecule has 3 rings (SSSR count). The van der Waals surface area contributed by atoms with Gasteiger partial charge in [-0.25, -0.2) is 9.67 Å². The van der Waals surface area contributed by atoms with Crippen LogP contribution in [0.25, 0.3) is 11.2 Å². The zero-order chi connectivity index (χ0) is 13.9. The van der Waals surface area contributed by atoms with E-state index in [1.165, 1.54) is 10.9 Å². The first-order valence-corrected chi connectivity index (χ1v) is 5.99. The Morgan fingerprint density at radius 3 is 2.80 bits per heavy atom. The lowest BCUT2D eigenvalue weighted by molar-refractivity contribution is 0.663. The number of hydrogen-bond acceptors (Lipinski definition) is 5. The van der Waals surface area contributed by atoms with E-state index in [-0.39, 0.29) is 17.6 Å². The van der Waals surface area contributed by atoms with Gasteiger partial charge < -0.3 is 0 Å². The number of nitrogens with zero attached hydrogens (tertiary/aromatic N) is 6. The van der Waals surface area contributed by atoms with Gasteiger partial charge in [0.15, 0.2) is 11.2 Å². The van der Waals surface area contributed by atoms with Crippen LogP contribution in [0.4, 0.5) is 0 Å². The lowest BCUT2D eigenvalue weighted by atomic mass is 10.2. The van der Waals surface area contributed by atoms with Crippen molar-refractivity contribution >= 4 is 11.2 Å². The van der Waals surface area contributed by atoms with E-state index in [1.54, 1.807) is 4.68 Å². The van der Waals surface area contributed by atoms with Gasteiger partial charge in [0.05, 0.1) is 12.6 Å². The number of benzene rings is 1. The normalized spacial score (nSPS) is 10.6. The van der Waals surface area contributed by atoms with Crippen LogP contribution in [0, 0.1) is 11.3 Å². The molecule has 2 heterocycles. The molecule has 0 fully saturated rings. The van der Waals surface area contributed by atoms with Gasteiger partial charge in [0.1, 0.15) is 12.9 Å². The monoisotopic (exact) mass is 266 g/mol. The molecular formula is C13H10N6O. The fourth-order valence-electron chi connectivity index (χ4n) is 1.94. The van der Waals surface area contributed by atoms with Gasteiger partial charge in [-0.1, -0.05) is 35.5 Å². The topological polar surface area (TPSA) is 89.4 Å². The second kappa shape index (κ2) is 4.93. The minimum absolute atomic E-state index is 0.0483. The quantitative estimate of drug-likeness (QED) is 0.691. The van der Waals surface area contributed by atoms with Crippen LogP contribution >= 0.6 is 0 Å². The van der Waals surface area contributed by atoms with Crippen molar-refractivity contribution in [1.82, 2.24) is 24.5 Å². The molecule has 20 heavy (non-hydrogen) atoms. The van der Waals surface area contributed by atoms with E-state index < -0.39 is 0 Å². The van der Waals surface area contributed by atoms with Crippen LogP contribution in [0.5, 0.6) is 0 Å². The summed E-state index contributed by atoms with van der Waals surface area (Å²) in [6, 6.07) is 11.6. The zero-order valence-corrected chi connectivity index (χ0v) is 10.5. The molecule has 0 N–H and O–H groups in total. The second-order valence-electron chi connectivity index (χ2n) is 4.24. The second-order valence-corrected chi connectivity index (χ2v) is 4.24. The summed E-state index contributed by atoms with van der Waals surface area (Å²) in [7, 11) is 0. The Balaban J connectivity index is 2.05. The Hall–Kier alpha value is -3.01. The molecular weight excluding hydrogens is 256 g/mol. The van der Waals surface area contributed by atoms with Gasteiger partial charge in [-0.15, -0.1) is 5.10 Å². The summed E-state index contributed by atoms with van der Waals surface area (Å²) in [6.07, 6.45) is 1.35. The maximum Gasteiger partial charge on any atom is 0.284 e. The van der Waals surface area contributed by atoms with Crippen LogP contribution in [0.2, 0.25) is 0 Å². The van der Waals surface area contributed by atoms with Crippen molar-refractivity contribution in [1.29, 1.82) is 5.26 Å². The summed E-state index contributed by atoms with van der Waals surface area (Å²) in [6.45, 7) is 0.444. The third-order valence-corrected chi connectivity index (χ3v) is 2.91. The molecule has 0 atom stereocenters. The first-order valence-electron chi connectivity index (χ1n) is 5.99. The summed E-state index contributed by atoms with van der Waals surface area (Å²) in [5.74, 6) is 0. The van der Waals surface area contributed by atoms with Crippen molar-refractivity contribution in [3.8, 4) is 6.07 Å². The molecule has 7 nitrogen and oxygen atoms in total. The van der Waals surface area contributed by atoms with Crippen molar-refractivity contribution in [2.75, 3.05) is 0 Å². The van der Waals surface area contributed by atoms with Gasteiger partial charge in [-0.2, -0.15) is 5.26 Å². The van der Waals surface area contributed by atoms with Crippen LogP contribution in [-0.4, -0.2) is 24.5 Å². The van der Waals surface area contributed by atoms with Gasteiger partial charge in [0.2, 0.25) is 0 Å². The zero-order valence-electron chi connectivity index (χ0n) is 10.5. The predicted octanol–water partition coefficient (Wildman–Crippen LogP) is 0.560. The SMILES string of the molecule is N#CCn1cnc2c(nnn2Cc2ccccc2)c1=O. The number of fused-ring (bicyclic) bond motifs is 1. The summed E-state index contributed by atoms with van der Waals surface area (Å²) in [4.78, 5) is 16.2. The van der Waals surface area contributed by atoms with Crippen LogP contribution in [0.1, 0.15) is 5.56 Å². The first kappa shape index (κ1) is 12.0. The van der Waals surface area contributed by atoms with Crippen molar-refractivity contribution < 1.29 is 0 Å². The first-order chi connectivity index (χ1) is 9.79. The third kappa shape index (κ3) is 2.03. The van der Waals surface area contributed by atoms with E-state index in [0.29, 0.717) is 12.2 Å². The fraction of sp³-hybridized carbons (Fsp3) is 0.154. The number of nitriles is 1. The summed E-state index contributed by atoms with van der Waals surface area (Å²) < 4.78 is 2.78. The van der Waals surface area contributed by atoms with E-state index in [9.17, 15) is 4.79 Å². The van der Waals surface area contributed by atoms with Gasteiger partial charge >= 0.3 is 0 Å². The van der Waals surface area contributed by atoms with Gasteiger partial charge in [0.25, 0.3) is 5.56 Å². The van der Waals surface area contributed by atoms with Gasteiger partial charge in [0, 0.05) is 0 Å². The molecule has 7 heteroatoms. The molecule has 0 saturated heterocycles. The van der Waals surface area contributed by atoms with Crippen molar-refractivity contribution in [2.45, 2.75) is 13.1 Å². The van der Waals surface area contributed by atoms with Crippen molar-refractivity contribution in [3.05, 3.63) is 52.6 Å². The average Bonchev–Trinajstić information content (AvgIpc) is 2.87. The molecule has 0 radical (unpaired) electrons. The molecule has 0 aliphatic carbocycles. The van der Waals surface area contributed by atoms with Gasteiger partial charge in [-0.3, -0.25) is 9.36 Å². The average molecular weight is 266 g/mol. The highest BCUT2D eigenvalue weighted by Gasteiger charge is 2.11. The number of rotatable bonds is 3. The molecule has 0 aliphatic rings. The highest BCUT2D eigenvalue weighted by Crippen LogP contribution is 2.06. The molecule has 0 bridgehead atoms. The molecule has 3 aromatic rings. The van der Waals surface area contributed by atoms with Crippen LogP contribution in [-0.2, 0) is 13.1 Å². The van der Waals surface area contributed by atoms with E-state index in [2.05, 4.69) is 15.3 Å². The lowest BCUT2D eigenvalue weighted by Gasteiger charge is -2.02. The Morgan fingerprint density at radius 1 is 1.25 bits per heavy atom. The molecule has 0 spiro atoms. The maximum atomic E-state index is 12.0. The van der Waals surface area contributed by atoms with Crippen LogP contribution in [0.15, 0.2) is 41.5 Å². The summed E-state index contributed by atoms with van der Waals surface area (Å²) in [5, 5.41) is 16.5. The highest BCUT2D eigenvalue weighted by molar-refractivity contribution is 5.67. The molecule has 1 aromatic carbocycles. The van der Waals surface area contributed by atoms with Crippen molar-refractivity contribution in [2.24, 2.45) is 0 Å². The Morgan fingerprint density at radius 2 is 2.05 bits per heavy atom. The number of aromatic nitrogens is 5. The molecule has 2 aromatic heterocycles. The maximum absolute atomic E-state index is 12.0. The van der Waals surface area contributed by atoms with E-state index >= 15 is 0 Å². The van der Waals surface area contributed by atoms with Gasteiger partial charge in [-0.05, 0) is 5.56 Å². The third-order valence-electron chi connectivity index (χ3n) is 2.91. The van der Waals surface area contributed by atoms with E-state index in [1.807, 2.05) is 36.4 Å². The Kier molecular flexibility index (Phi) is 2.97. The molecule has 0 saturated carbocycles. The minimum Gasteiger partial charge on any atom is -0.283 e. The Bertz CT molecular complexity index is 843. The minimum atomic E-state index is -0.351.